The number of nitrogens with one attached hydrogen (secondary N) is 2. The molecule has 0 atom stereocenters. The van der Waals surface area contributed by atoms with Gasteiger partial charge in [0.1, 0.15) is 0 Å². The normalized spacial score (nSPS) is 10.7. The zero-order chi connectivity index (χ0) is 16.1. The fraction of sp³-hybridized carbons (Fsp3) is 0.235. The van der Waals surface area contributed by atoms with Crippen molar-refractivity contribution >= 4 is 22.9 Å². The van der Waals surface area contributed by atoms with E-state index in [0.29, 0.717) is 19.5 Å². The molecule has 6 nitrogen and oxygen atoms in total. The third-order valence-corrected chi connectivity index (χ3v) is 3.62. The Kier molecular flexibility index (Phi) is 4.52. The van der Waals surface area contributed by atoms with Crippen LogP contribution < -0.4 is 10.6 Å². The van der Waals surface area contributed by atoms with Crippen LogP contribution in [0.15, 0.2) is 48.7 Å². The van der Waals surface area contributed by atoms with Crippen molar-refractivity contribution in [2.45, 2.75) is 13.0 Å². The number of aryl methyl sites for hydroxylation is 1. The maximum Gasteiger partial charge on any atom is 0.222 e. The molecule has 2 N–H and O–H groups in total. The Hall–Kier alpha value is -2.89. The number of rotatable bonds is 6. The van der Waals surface area contributed by atoms with Gasteiger partial charge in [0.25, 0.3) is 0 Å². The summed E-state index contributed by atoms with van der Waals surface area (Å²) >= 11 is 0. The minimum atomic E-state index is -0.0121. The molecule has 2 heterocycles. The third kappa shape index (κ3) is 3.66. The lowest BCUT2D eigenvalue weighted by molar-refractivity contribution is -0.121. The lowest BCUT2D eigenvalue weighted by atomic mass is 10.3. The van der Waals surface area contributed by atoms with E-state index in [-0.39, 0.29) is 5.91 Å². The zero-order valence-corrected chi connectivity index (χ0v) is 13.0. The molecule has 0 aliphatic carbocycles. The number of carbonyl (C=O) groups is 1. The molecule has 0 aliphatic rings. The highest BCUT2D eigenvalue weighted by Crippen LogP contribution is 2.17. The average molecular weight is 309 g/mol. The van der Waals surface area contributed by atoms with Gasteiger partial charge in [-0.2, -0.15) is 0 Å². The van der Waals surface area contributed by atoms with Crippen molar-refractivity contribution < 1.29 is 4.79 Å². The molecule has 0 bridgehead atoms. The van der Waals surface area contributed by atoms with Crippen molar-refractivity contribution in [3.63, 3.8) is 0 Å². The number of hydrogen-bond donors (Lipinski definition) is 2. The number of imidazole rings is 1. The van der Waals surface area contributed by atoms with Crippen LogP contribution in [0.2, 0.25) is 0 Å². The Morgan fingerprint density at radius 1 is 1.17 bits per heavy atom. The largest absolute Gasteiger partial charge is 0.355 e. The highest BCUT2D eigenvalue weighted by atomic mass is 16.1. The van der Waals surface area contributed by atoms with Gasteiger partial charge in [-0.05, 0) is 24.3 Å². The van der Waals surface area contributed by atoms with Gasteiger partial charge in [-0.25, -0.2) is 4.98 Å². The van der Waals surface area contributed by atoms with Crippen LogP contribution in [0.25, 0.3) is 11.0 Å². The number of nitrogens with zero attached hydrogens (tertiary/aromatic N) is 3. The molecule has 0 saturated heterocycles. The van der Waals surface area contributed by atoms with E-state index in [1.54, 1.807) is 6.20 Å². The summed E-state index contributed by atoms with van der Waals surface area (Å²) in [5.74, 6) is 0.755. The van der Waals surface area contributed by atoms with Gasteiger partial charge in [-0.15, -0.1) is 0 Å². The Labute approximate surface area is 134 Å². The highest BCUT2D eigenvalue weighted by molar-refractivity contribution is 5.79. The number of carbonyl (C=O) groups excluding carboxylic acids is 1. The van der Waals surface area contributed by atoms with E-state index in [0.717, 1.165) is 22.7 Å². The second-order valence-corrected chi connectivity index (χ2v) is 5.26. The molecule has 0 unspecified atom stereocenters. The van der Waals surface area contributed by atoms with Crippen LogP contribution in [0.5, 0.6) is 0 Å². The van der Waals surface area contributed by atoms with Gasteiger partial charge < -0.3 is 15.2 Å². The minimum absolute atomic E-state index is 0.0121. The van der Waals surface area contributed by atoms with Crippen molar-refractivity contribution in [1.82, 2.24) is 19.9 Å². The van der Waals surface area contributed by atoms with Crippen LogP contribution in [-0.2, 0) is 18.4 Å². The molecular weight excluding hydrogens is 290 g/mol. The first-order valence-corrected chi connectivity index (χ1v) is 7.56. The number of amides is 1. The quantitative estimate of drug-likeness (QED) is 0.731. The smallest absolute Gasteiger partial charge is 0.222 e. The molecule has 1 aromatic carbocycles. The van der Waals surface area contributed by atoms with Crippen LogP contribution in [0.4, 0.5) is 5.95 Å². The van der Waals surface area contributed by atoms with Gasteiger partial charge in [-0.1, -0.05) is 18.2 Å². The van der Waals surface area contributed by atoms with Crippen molar-refractivity contribution in [2.24, 2.45) is 7.05 Å². The van der Waals surface area contributed by atoms with E-state index in [1.165, 1.54) is 0 Å². The van der Waals surface area contributed by atoms with Crippen LogP contribution in [0.3, 0.4) is 0 Å². The average Bonchev–Trinajstić information content (AvgIpc) is 2.91. The zero-order valence-electron chi connectivity index (χ0n) is 13.0. The fourth-order valence-electron chi connectivity index (χ4n) is 2.37. The number of fused-ring (bicyclic) bond motifs is 1. The van der Waals surface area contributed by atoms with Gasteiger partial charge >= 0.3 is 0 Å². The molecule has 0 aliphatic heterocycles. The minimum Gasteiger partial charge on any atom is -0.355 e. The summed E-state index contributed by atoms with van der Waals surface area (Å²) in [7, 11) is 1.96. The maximum absolute atomic E-state index is 11.9. The van der Waals surface area contributed by atoms with Crippen LogP contribution in [-0.4, -0.2) is 27.0 Å². The first-order chi connectivity index (χ1) is 11.2. The van der Waals surface area contributed by atoms with E-state index in [9.17, 15) is 4.79 Å². The maximum atomic E-state index is 11.9. The van der Waals surface area contributed by atoms with E-state index in [2.05, 4.69) is 20.6 Å². The lowest BCUT2D eigenvalue weighted by Gasteiger charge is -2.07. The molecule has 0 radical (unpaired) electrons. The lowest BCUT2D eigenvalue weighted by Crippen LogP contribution is -2.25. The van der Waals surface area contributed by atoms with Gasteiger partial charge in [-0.3, -0.25) is 9.78 Å². The van der Waals surface area contributed by atoms with Gasteiger partial charge in [0.05, 0.1) is 23.3 Å². The monoisotopic (exact) mass is 309 g/mol. The number of benzene rings is 1. The Morgan fingerprint density at radius 2 is 2.00 bits per heavy atom. The summed E-state index contributed by atoms with van der Waals surface area (Å²) in [6.07, 6.45) is 2.10. The van der Waals surface area contributed by atoms with Gasteiger partial charge in [0.2, 0.25) is 11.9 Å². The topological polar surface area (TPSA) is 71.8 Å². The van der Waals surface area contributed by atoms with Crippen molar-refractivity contribution in [2.75, 3.05) is 11.9 Å². The predicted octanol–water partition coefficient (Wildman–Crippen LogP) is 2.09. The van der Waals surface area contributed by atoms with E-state index in [1.807, 2.05) is 54.1 Å². The molecule has 3 aromatic rings. The summed E-state index contributed by atoms with van der Waals surface area (Å²) in [6.45, 7) is 0.983. The summed E-state index contributed by atoms with van der Waals surface area (Å²) in [5, 5.41) is 6.06. The fourth-order valence-corrected chi connectivity index (χ4v) is 2.37. The molecule has 3 rings (SSSR count). The van der Waals surface area contributed by atoms with E-state index >= 15 is 0 Å². The second kappa shape index (κ2) is 6.91. The molecule has 1 amide bonds. The number of para-hydroxylation sites is 2. The molecular formula is C17H19N5O. The number of aromatic nitrogens is 3. The Balaban J connectivity index is 1.48. The Bertz CT molecular complexity index is 797. The predicted molar refractivity (Wildman–Crippen MR) is 89.9 cm³/mol. The summed E-state index contributed by atoms with van der Waals surface area (Å²) in [6, 6.07) is 13.6. The van der Waals surface area contributed by atoms with Crippen molar-refractivity contribution in [1.29, 1.82) is 0 Å². The van der Waals surface area contributed by atoms with Gasteiger partial charge in [0.15, 0.2) is 0 Å². The number of anilines is 1. The molecule has 6 heteroatoms. The first-order valence-electron chi connectivity index (χ1n) is 7.56. The summed E-state index contributed by atoms with van der Waals surface area (Å²) in [5.41, 5.74) is 2.86. The highest BCUT2D eigenvalue weighted by Gasteiger charge is 2.07. The van der Waals surface area contributed by atoms with E-state index in [4.69, 9.17) is 0 Å². The number of hydrogen-bond acceptors (Lipinski definition) is 4. The molecule has 23 heavy (non-hydrogen) atoms. The summed E-state index contributed by atoms with van der Waals surface area (Å²) in [4.78, 5) is 20.5. The van der Waals surface area contributed by atoms with Gasteiger partial charge in [0, 0.05) is 26.2 Å². The van der Waals surface area contributed by atoms with Crippen LogP contribution >= 0.6 is 0 Å². The molecule has 0 spiro atoms. The molecule has 2 aromatic heterocycles. The standard InChI is InChI=1S/C17H19N5O/c1-22-15-8-3-2-7-14(15)21-17(22)19-11-9-16(23)20-12-13-6-4-5-10-18-13/h2-8,10H,9,11-12H2,1H3,(H,19,21)(H,20,23). The number of pyridine rings is 1. The third-order valence-electron chi connectivity index (χ3n) is 3.62. The van der Waals surface area contributed by atoms with Crippen molar-refractivity contribution in [3.8, 4) is 0 Å². The molecule has 0 saturated carbocycles. The summed E-state index contributed by atoms with van der Waals surface area (Å²) < 4.78 is 1.99. The second-order valence-electron chi connectivity index (χ2n) is 5.26. The SMILES string of the molecule is Cn1c(NCCC(=O)NCc2ccccn2)nc2ccccc21. The molecule has 118 valence electrons. The van der Waals surface area contributed by atoms with E-state index < -0.39 is 0 Å². The Morgan fingerprint density at radius 3 is 2.78 bits per heavy atom. The van der Waals surface area contributed by atoms with Crippen molar-refractivity contribution in [3.05, 3.63) is 54.4 Å². The van der Waals surface area contributed by atoms with Crippen LogP contribution in [0, 0.1) is 0 Å². The first kappa shape index (κ1) is 15.0. The molecule has 0 fully saturated rings. The van der Waals surface area contributed by atoms with Crippen LogP contribution in [0.1, 0.15) is 12.1 Å².